The molecule has 0 amide bonds. The Hall–Kier alpha value is -0.570. The zero-order chi connectivity index (χ0) is 7.44. The fourth-order valence-electron chi connectivity index (χ4n) is 0.486. The Labute approximate surface area is 54.9 Å². The maximum atomic E-state index is 10.1. The van der Waals surface area contributed by atoms with Crippen LogP contribution < -0.4 is 5.73 Å². The lowest BCUT2D eigenvalue weighted by Crippen LogP contribution is -2.35. The number of rotatable bonds is 3. The van der Waals surface area contributed by atoms with Crippen LogP contribution in [0.25, 0.3) is 0 Å². The SMILES string of the molecule is CCC(C)C(N)C([O])=O. The molecule has 0 fully saturated rings. The Kier molecular flexibility index (Phi) is 3.24. The van der Waals surface area contributed by atoms with Gasteiger partial charge in [-0.25, -0.2) is 9.90 Å². The summed E-state index contributed by atoms with van der Waals surface area (Å²) < 4.78 is 0. The van der Waals surface area contributed by atoms with Gasteiger partial charge >= 0.3 is 5.97 Å². The van der Waals surface area contributed by atoms with Crippen LogP contribution in [-0.4, -0.2) is 12.0 Å². The molecule has 2 unspecified atom stereocenters. The van der Waals surface area contributed by atoms with Gasteiger partial charge < -0.3 is 5.73 Å². The Bertz CT molecular complexity index is 103. The van der Waals surface area contributed by atoms with E-state index in [2.05, 4.69) is 0 Å². The molecule has 0 aliphatic carbocycles. The second kappa shape index (κ2) is 3.45. The van der Waals surface area contributed by atoms with Crippen molar-refractivity contribution in [2.75, 3.05) is 0 Å². The zero-order valence-electron chi connectivity index (χ0n) is 5.76. The van der Waals surface area contributed by atoms with E-state index in [0.29, 0.717) is 0 Å². The van der Waals surface area contributed by atoms with Gasteiger partial charge in [0.15, 0.2) is 0 Å². The molecule has 0 rings (SSSR count). The Balaban J connectivity index is 3.72. The molecule has 53 valence electrons. The first-order valence-electron chi connectivity index (χ1n) is 3.06. The monoisotopic (exact) mass is 130 g/mol. The molecule has 3 nitrogen and oxygen atoms in total. The highest BCUT2D eigenvalue weighted by Gasteiger charge is 2.19. The average molecular weight is 130 g/mol. The Morgan fingerprint density at radius 3 is 2.22 bits per heavy atom. The number of hydrogen-bond acceptors (Lipinski definition) is 2. The molecule has 2 N–H and O–H groups in total. The predicted octanol–water partition coefficient (Wildman–Crippen LogP) is 0.317. The summed E-state index contributed by atoms with van der Waals surface area (Å²) in [5.74, 6) is -1.15. The fraction of sp³-hybridized carbons (Fsp3) is 0.833. The molecule has 2 atom stereocenters. The van der Waals surface area contributed by atoms with Gasteiger partial charge in [0.25, 0.3) is 0 Å². The van der Waals surface area contributed by atoms with Gasteiger partial charge in [-0.15, -0.1) is 0 Å². The summed E-state index contributed by atoms with van der Waals surface area (Å²) >= 11 is 0. The van der Waals surface area contributed by atoms with Crippen molar-refractivity contribution in [3.05, 3.63) is 0 Å². The van der Waals surface area contributed by atoms with Crippen molar-refractivity contribution in [2.45, 2.75) is 26.3 Å². The largest absolute Gasteiger partial charge is 0.372 e. The first-order chi connectivity index (χ1) is 4.09. The summed E-state index contributed by atoms with van der Waals surface area (Å²) in [5, 5.41) is 10.1. The summed E-state index contributed by atoms with van der Waals surface area (Å²) in [4.78, 5) is 10.1. The minimum absolute atomic E-state index is 0.00926. The van der Waals surface area contributed by atoms with Gasteiger partial charge in [-0.1, -0.05) is 20.3 Å². The van der Waals surface area contributed by atoms with Gasteiger partial charge in [-0.2, -0.15) is 0 Å². The molecule has 1 radical (unpaired) electrons. The van der Waals surface area contributed by atoms with Crippen LogP contribution >= 0.6 is 0 Å². The van der Waals surface area contributed by atoms with Crippen LogP contribution in [0.5, 0.6) is 0 Å². The van der Waals surface area contributed by atoms with E-state index < -0.39 is 12.0 Å². The van der Waals surface area contributed by atoms with E-state index in [9.17, 15) is 9.90 Å². The highest BCUT2D eigenvalue weighted by molar-refractivity contribution is 5.72. The molecule has 0 saturated carbocycles. The van der Waals surface area contributed by atoms with Crippen molar-refractivity contribution in [3.8, 4) is 0 Å². The van der Waals surface area contributed by atoms with Gasteiger partial charge in [0.2, 0.25) is 0 Å². The number of carbonyl (C=O) groups is 1. The van der Waals surface area contributed by atoms with E-state index in [0.717, 1.165) is 6.42 Å². The quantitative estimate of drug-likeness (QED) is 0.597. The Morgan fingerprint density at radius 2 is 2.11 bits per heavy atom. The molecular weight excluding hydrogens is 118 g/mol. The Morgan fingerprint density at radius 1 is 1.67 bits per heavy atom. The van der Waals surface area contributed by atoms with E-state index in [1.165, 1.54) is 0 Å². The molecule has 0 aromatic heterocycles. The summed E-state index contributed by atoms with van der Waals surface area (Å²) in [5.41, 5.74) is 5.21. The smallest absolute Gasteiger partial charge is 0.318 e. The number of nitrogens with two attached hydrogens (primary N) is 1. The third kappa shape index (κ3) is 2.46. The summed E-state index contributed by atoms with van der Waals surface area (Å²) in [6, 6.07) is -0.810. The second-order valence-corrected chi connectivity index (χ2v) is 2.23. The number of carbonyl (C=O) groups excluding carboxylic acids is 1. The van der Waals surface area contributed by atoms with Gasteiger partial charge in [0, 0.05) is 0 Å². The molecule has 0 aromatic rings. The first kappa shape index (κ1) is 8.43. The van der Waals surface area contributed by atoms with E-state index >= 15 is 0 Å². The summed E-state index contributed by atoms with van der Waals surface area (Å²) in [6.45, 7) is 3.69. The van der Waals surface area contributed by atoms with Crippen LogP contribution in [-0.2, 0) is 9.90 Å². The lowest BCUT2D eigenvalue weighted by molar-refractivity contribution is -0.145. The minimum atomic E-state index is -1.16. The molecule has 0 aliphatic rings. The minimum Gasteiger partial charge on any atom is -0.318 e. The van der Waals surface area contributed by atoms with Gasteiger partial charge in [-0.3, -0.25) is 0 Å². The molecule has 0 aliphatic heterocycles. The summed E-state index contributed by atoms with van der Waals surface area (Å²) in [7, 11) is 0. The van der Waals surface area contributed by atoms with Crippen molar-refractivity contribution >= 4 is 5.97 Å². The van der Waals surface area contributed by atoms with Crippen molar-refractivity contribution in [1.82, 2.24) is 0 Å². The van der Waals surface area contributed by atoms with Crippen LogP contribution in [0.15, 0.2) is 0 Å². The lowest BCUT2D eigenvalue weighted by atomic mass is 10.0. The number of hydrogen-bond donors (Lipinski definition) is 1. The van der Waals surface area contributed by atoms with E-state index in [1.54, 1.807) is 6.92 Å². The van der Waals surface area contributed by atoms with Crippen molar-refractivity contribution in [3.63, 3.8) is 0 Å². The summed E-state index contributed by atoms with van der Waals surface area (Å²) in [6.07, 6.45) is 0.773. The standard InChI is InChI=1S/C6H12NO2/c1-3-4(2)5(7)6(8)9/h4-5H,3,7H2,1-2H3. The third-order valence-corrected chi connectivity index (χ3v) is 1.53. The van der Waals surface area contributed by atoms with E-state index in [1.807, 2.05) is 6.92 Å². The molecule has 9 heavy (non-hydrogen) atoms. The lowest BCUT2D eigenvalue weighted by Gasteiger charge is -2.10. The van der Waals surface area contributed by atoms with Crippen LogP contribution in [0.3, 0.4) is 0 Å². The first-order valence-corrected chi connectivity index (χ1v) is 3.06. The average Bonchev–Trinajstić information content (AvgIpc) is 1.84. The van der Waals surface area contributed by atoms with Crippen LogP contribution in [0, 0.1) is 5.92 Å². The van der Waals surface area contributed by atoms with E-state index in [4.69, 9.17) is 5.73 Å². The topological polar surface area (TPSA) is 63.0 Å². The zero-order valence-corrected chi connectivity index (χ0v) is 5.76. The fourth-order valence-corrected chi connectivity index (χ4v) is 0.486. The molecule has 0 bridgehead atoms. The van der Waals surface area contributed by atoms with Crippen molar-refractivity contribution < 1.29 is 9.90 Å². The molecule has 0 aromatic carbocycles. The van der Waals surface area contributed by atoms with E-state index in [-0.39, 0.29) is 5.92 Å². The second-order valence-electron chi connectivity index (χ2n) is 2.23. The molecule has 0 saturated heterocycles. The van der Waals surface area contributed by atoms with Gasteiger partial charge in [0.05, 0.1) is 0 Å². The van der Waals surface area contributed by atoms with Crippen LogP contribution in [0.2, 0.25) is 0 Å². The molecule has 3 heteroatoms. The van der Waals surface area contributed by atoms with Gasteiger partial charge in [0.1, 0.15) is 6.04 Å². The van der Waals surface area contributed by atoms with Crippen LogP contribution in [0.1, 0.15) is 20.3 Å². The maximum absolute atomic E-state index is 10.1. The molecule has 0 heterocycles. The third-order valence-electron chi connectivity index (χ3n) is 1.53. The van der Waals surface area contributed by atoms with Crippen molar-refractivity contribution in [1.29, 1.82) is 0 Å². The molecule has 0 spiro atoms. The highest BCUT2D eigenvalue weighted by Crippen LogP contribution is 2.04. The predicted molar refractivity (Wildman–Crippen MR) is 33.1 cm³/mol. The van der Waals surface area contributed by atoms with Crippen molar-refractivity contribution in [2.24, 2.45) is 11.7 Å². The van der Waals surface area contributed by atoms with Gasteiger partial charge in [-0.05, 0) is 5.92 Å². The molecular formula is C6H12NO2. The van der Waals surface area contributed by atoms with Crippen LogP contribution in [0.4, 0.5) is 0 Å². The maximum Gasteiger partial charge on any atom is 0.372 e. The highest BCUT2D eigenvalue weighted by atomic mass is 16.4. The normalized spacial score (nSPS) is 16.8.